The van der Waals surface area contributed by atoms with E-state index in [1.54, 1.807) is 14.0 Å². The fourth-order valence-corrected chi connectivity index (χ4v) is 3.34. The summed E-state index contributed by atoms with van der Waals surface area (Å²) in [6, 6.07) is 15.2. The minimum absolute atomic E-state index is 0.143. The minimum Gasteiger partial charge on any atom is -0.493 e. The smallest absolute Gasteiger partial charge is 0.257 e. The average Bonchev–Trinajstić information content (AvgIpc) is 3.09. The molecule has 3 aromatic rings. The Morgan fingerprint density at radius 1 is 1.19 bits per heavy atom. The zero-order valence-corrected chi connectivity index (χ0v) is 15.2. The maximum absolute atomic E-state index is 12.9. The number of hydrogen-bond acceptors (Lipinski definition) is 5. The van der Waals surface area contributed by atoms with Gasteiger partial charge in [-0.25, -0.2) is 0 Å². The maximum Gasteiger partial charge on any atom is 0.257 e. The molecule has 0 radical (unpaired) electrons. The molecule has 0 saturated heterocycles. The van der Waals surface area contributed by atoms with Crippen LogP contribution in [-0.4, -0.2) is 30.8 Å². The van der Waals surface area contributed by atoms with Crippen LogP contribution in [0, 0.1) is 6.92 Å². The second-order valence-electron chi connectivity index (χ2n) is 6.46. The van der Waals surface area contributed by atoms with Gasteiger partial charge >= 0.3 is 0 Å². The van der Waals surface area contributed by atoms with E-state index in [0.717, 1.165) is 16.9 Å². The molecule has 2 aromatic carbocycles. The molecule has 1 aliphatic heterocycles. The largest absolute Gasteiger partial charge is 0.493 e. The molecular formula is C21H20N2O4. The van der Waals surface area contributed by atoms with Crippen LogP contribution >= 0.6 is 0 Å². The normalized spacial score (nSPS) is 15.6. The Morgan fingerprint density at radius 2 is 2.00 bits per heavy atom. The maximum atomic E-state index is 12.9. The molecule has 1 aromatic heterocycles. The topological polar surface area (TPSA) is 73.6 Å². The molecule has 138 valence electrons. The summed E-state index contributed by atoms with van der Waals surface area (Å²) in [4.78, 5) is 12.9. The van der Waals surface area contributed by atoms with Gasteiger partial charge in [0.15, 0.2) is 11.5 Å². The summed E-state index contributed by atoms with van der Waals surface area (Å²) in [6.07, 6.45) is 0.670. The van der Waals surface area contributed by atoms with Crippen LogP contribution in [0.2, 0.25) is 0 Å². The van der Waals surface area contributed by atoms with Gasteiger partial charge in [0.25, 0.3) is 5.91 Å². The Kier molecular flexibility index (Phi) is 4.54. The highest BCUT2D eigenvalue weighted by molar-refractivity contribution is 6.01. The molecule has 6 heteroatoms. The van der Waals surface area contributed by atoms with Crippen LogP contribution in [0.15, 0.2) is 53.1 Å². The summed E-state index contributed by atoms with van der Waals surface area (Å²) >= 11 is 0. The van der Waals surface area contributed by atoms with Crippen molar-refractivity contribution >= 4 is 5.91 Å². The minimum atomic E-state index is -0.215. The van der Waals surface area contributed by atoms with Gasteiger partial charge in [-0.2, -0.15) is 0 Å². The lowest BCUT2D eigenvalue weighted by atomic mass is 10.0. The number of methoxy groups -OCH3 is 1. The molecule has 27 heavy (non-hydrogen) atoms. The van der Waals surface area contributed by atoms with Crippen molar-refractivity contribution in [2.75, 3.05) is 13.7 Å². The first-order valence-electron chi connectivity index (χ1n) is 8.78. The predicted octanol–water partition coefficient (Wildman–Crippen LogP) is 3.39. The lowest BCUT2D eigenvalue weighted by molar-refractivity contribution is 0.0913. The zero-order valence-electron chi connectivity index (χ0n) is 15.2. The fraction of sp³-hybridized carbons (Fsp3) is 0.238. The Bertz CT molecular complexity index is 966. The summed E-state index contributed by atoms with van der Waals surface area (Å²) in [5, 5.41) is 7.12. The van der Waals surface area contributed by atoms with Gasteiger partial charge in [-0.05, 0) is 19.4 Å². The molecule has 1 unspecified atom stereocenters. The first-order chi connectivity index (χ1) is 13.2. The van der Waals surface area contributed by atoms with Gasteiger partial charge in [0, 0.05) is 11.1 Å². The van der Waals surface area contributed by atoms with Gasteiger partial charge in [0.1, 0.15) is 23.6 Å². The van der Waals surface area contributed by atoms with Crippen molar-refractivity contribution in [2.24, 2.45) is 0 Å². The third kappa shape index (κ3) is 3.26. The SMILES string of the molecule is COc1cccc2c1OCC(NC(=O)c1c(-c3ccccc3)noc1C)C2. The molecule has 1 amide bonds. The van der Waals surface area contributed by atoms with Crippen LogP contribution in [0.4, 0.5) is 0 Å². The van der Waals surface area contributed by atoms with Crippen molar-refractivity contribution in [3.8, 4) is 22.8 Å². The highest BCUT2D eigenvalue weighted by Gasteiger charge is 2.27. The number of rotatable bonds is 4. The van der Waals surface area contributed by atoms with E-state index >= 15 is 0 Å². The Hall–Kier alpha value is -3.28. The summed E-state index contributed by atoms with van der Waals surface area (Å²) in [5.41, 5.74) is 2.85. The number of aryl methyl sites for hydroxylation is 1. The van der Waals surface area contributed by atoms with Crippen LogP contribution in [0.5, 0.6) is 11.5 Å². The Morgan fingerprint density at radius 3 is 2.78 bits per heavy atom. The van der Waals surface area contributed by atoms with Gasteiger partial charge in [-0.15, -0.1) is 0 Å². The number of nitrogens with zero attached hydrogens (tertiary/aromatic N) is 1. The molecule has 0 fully saturated rings. The van der Waals surface area contributed by atoms with E-state index in [1.807, 2.05) is 48.5 Å². The van der Waals surface area contributed by atoms with Crippen molar-refractivity contribution in [3.63, 3.8) is 0 Å². The van der Waals surface area contributed by atoms with Crippen molar-refractivity contribution in [2.45, 2.75) is 19.4 Å². The van der Waals surface area contributed by atoms with E-state index in [0.29, 0.717) is 35.8 Å². The number of benzene rings is 2. The molecule has 0 saturated carbocycles. The number of para-hydroxylation sites is 1. The molecule has 4 rings (SSSR count). The molecule has 0 bridgehead atoms. The van der Waals surface area contributed by atoms with Crippen molar-refractivity contribution in [3.05, 3.63) is 65.4 Å². The van der Waals surface area contributed by atoms with E-state index in [2.05, 4.69) is 10.5 Å². The van der Waals surface area contributed by atoms with E-state index in [4.69, 9.17) is 14.0 Å². The lowest BCUT2D eigenvalue weighted by Crippen LogP contribution is -2.43. The summed E-state index contributed by atoms with van der Waals surface area (Å²) in [7, 11) is 1.62. The number of ether oxygens (including phenoxy) is 2. The van der Waals surface area contributed by atoms with E-state index in [9.17, 15) is 4.79 Å². The molecule has 1 atom stereocenters. The van der Waals surface area contributed by atoms with Gasteiger partial charge in [-0.3, -0.25) is 4.79 Å². The predicted molar refractivity (Wildman–Crippen MR) is 100 cm³/mol. The summed E-state index contributed by atoms with van der Waals surface area (Å²) in [5.74, 6) is 1.73. The van der Waals surface area contributed by atoms with Crippen LogP contribution < -0.4 is 14.8 Å². The first-order valence-corrected chi connectivity index (χ1v) is 8.78. The second kappa shape index (κ2) is 7.15. The molecule has 2 heterocycles. The van der Waals surface area contributed by atoms with Crippen LogP contribution in [0.25, 0.3) is 11.3 Å². The molecule has 1 aliphatic rings. The summed E-state index contributed by atoms with van der Waals surface area (Å²) < 4.78 is 16.5. The zero-order chi connectivity index (χ0) is 18.8. The van der Waals surface area contributed by atoms with Gasteiger partial charge in [0.2, 0.25) is 0 Å². The quantitative estimate of drug-likeness (QED) is 0.768. The molecule has 0 spiro atoms. The lowest BCUT2D eigenvalue weighted by Gasteiger charge is -2.27. The third-order valence-corrected chi connectivity index (χ3v) is 4.65. The molecular weight excluding hydrogens is 344 g/mol. The second-order valence-corrected chi connectivity index (χ2v) is 6.46. The number of carbonyl (C=O) groups excluding carboxylic acids is 1. The number of amides is 1. The highest BCUT2D eigenvalue weighted by Crippen LogP contribution is 2.34. The highest BCUT2D eigenvalue weighted by atomic mass is 16.5. The summed E-state index contributed by atoms with van der Waals surface area (Å²) in [6.45, 7) is 2.12. The van der Waals surface area contributed by atoms with Crippen LogP contribution in [0.3, 0.4) is 0 Å². The van der Waals surface area contributed by atoms with Gasteiger partial charge in [0.05, 0.1) is 13.2 Å². The number of fused-ring (bicyclic) bond motifs is 1. The van der Waals surface area contributed by atoms with E-state index < -0.39 is 0 Å². The Balaban J connectivity index is 1.55. The number of nitrogens with one attached hydrogen (secondary N) is 1. The van der Waals surface area contributed by atoms with Gasteiger partial charge < -0.3 is 19.3 Å². The van der Waals surface area contributed by atoms with E-state index in [1.165, 1.54) is 0 Å². The van der Waals surface area contributed by atoms with Gasteiger partial charge in [-0.1, -0.05) is 47.6 Å². The van der Waals surface area contributed by atoms with Crippen molar-refractivity contribution in [1.29, 1.82) is 0 Å². The molecule has 0 aliphatic carbocycles. The fourth-order valence-electron chi connectivity index (χ4n) is 3.34. The van der Waals surface area contributed by atoms with E-state index in [-0.39, 0.29) is 11.9 Å². The standard InChI is InChI=1S/C21H20N2O4/c1-13-18(19(23-27-13)14-7-4-3-5-8-14)21(24)22-16-11-15-9-6-10-17(25-2)20(15)26-12-16/h3-10,16H,11-12H2,1-2H3,(H,22,24). The molecule has 1 N–H and O–H groups in total. The van der Waals surface area contributed by atoms with Crippen LogP contribution in [-0.2, 0) is 6.42 Å². The Labute approximate surface area is 157 Å². The third-order valence-electron chi connectivity index (χ3n) is 4.65. The average molecular weight is 364 g/mol. The number of hydrogen-bond donors (Lipinski definition) is 1. The number of aromatic nitrogens is 1. The first kappa shape index (κ1) is 17.1. The molecule has 6 nitrogen and oxygen atoms in total. The van der Waals surface area contributed by atoms with Crippen LogP contribution in [0.1, 0.15) is 21.7 Å². The number of carbonyl (C=O) groups is 1. The van der Waals surface area contributed by atoms with Crippen molar-refractivity contribution < 1.29 is 18.8 Å². The van der Waals surface area contributed by atoms with Crippen molar-refractivity contribution in [1.82, 2.24) is 10.5 Å². The monoisotopic (exact) mass is 364 g/mol.